The zero-order valence-corrected chi connectivity index (χ0v) is 10.3. The van der Waals surface area contributed by atoms with Gasteiger partial charge in [-0.15, -0.1) is 0 Å². The summed E-state index contributed by atoms with van der Waals surface area (Å²) in [4.78, 5) is 0. The molecule has 0 bridgehead atoms. The van der Waals surface area contributed by atoms with Gasteiger partial charge in [-0.05, 0) is 24.6 Å². The van der Waals surface area contributed by atoms with Crippen LogP contribution in [0, 0.1) is 0 Å². The van der Waals surface area contributed by atoms with E-state index in [1.165, 1.54) is 0 Å². The van der Waals surface area contributed by atoms with Gasteiger partial charge in [0.2, 0.25) is 0 Å². The fourth-order valence-electron chi connectivity index (χ4n) is 1.84. The summed E-state index contributed by atoms with van der Waals surface area (Å²) < 4.78 is 7.08. The third kappa shape index (κ3) is 2.31. The topological polar surface area (TPSA) is 53.1 Å². The van der Waals surface area contributed by atoms with Crippen molar-refractivity contribution in [1.29, 1.82) is 0 Å². The highest BCUT2D eigenvalue weighted by Crippen LogP contribution is 2.29. The number of methoxy groups -OCH3 is 1. The molecule has 1 atom stereocenters. The van der Waals surface area contributed by atoms with E-state index >= 15 is 0 Å². The van der Waals surface area contributed by atoms with Crippen LogP contribution in [0.15, 0.2) is 30.6 Å². The van der Waals surface area contributed by atoms with Gasteiger partial charge in [0.05, 0.1) is 13.3 Å². The van der Waals surface area contributed by atoms with Crippen LogP contribution in [0.4, 0.5) is 0 Å². The Morgan fingerprint density at radius 2 is 2.12 bits per heavy atom. The summed E-state index contributed by atoms with van der Waals surface area (Å²) in [7, 11) is 3.56. The zero-order valence-electron chi connectivity index (χ0n) is 10.3. The van der Waals surface area contributed by atoms with E-state index in [0.717, 1.165) is 22.4 Å². The molecule has 0 saturated carbocycles. The van der Waals surface area contributed by atoms with Crippen LogP contribution >= 0.6 is 0 Å². The number of aryl methyl sites for hydroxylation is 1. The van der Waals surface area contributed by atoms with Crippen molar-refractivity contribution in [2.45, 2.75) is 13.0 Å². The Kier molecular flexibility index (Phi) is 3.15. The third-order valence-corrected chi connectivity index (χ3v) is 2.76. The average Bonchev–Trinajstić information content (AvgIpc) is 2.75. The van der Waals surface area contributed by atoms with E-state index in [4.69, 9.17) is 10.5 Å². The molecule has 4 nitrogen and oxygen atoms in total. The Labute approximate surface area is 101 Å². The second kappa shape index (κ2) is 4.59. The van der Waals surface area contributed by atoms with Crippen LogP contribution in [0.2, 0.25) is 0 Å². The smallest absolute Gasteiger partial charge is 0.123 e. The third-order valence-electron chi connectivity index (χ3n) is 2.76. The number of benzene rings is 1. The van der Waals surface area contributed by atoms with Crippen LogP contribution < -0.4 is 10.5 Å². The lowest BCUT2D eigenvalue weighted by Gasteiger charge is -2.12. The number of nitrogens with two attached hydrogens (primary N) is 1. The zero-order chi connectivity index (χ0) is 12.4. The van der Waals surface area contributed by atoms with E-state index in [-0.39, 0.29) is 6.04 Å². The predicted molar refractivity (Wildman–Crippen MR) is 67.8 cm³/mol. The first-order valence-corrected chi connectivity index (χ1v) is 5.54. The molecule has 1 aromatic heterocycles. The molecule has 0 unspecified atom stereocenters. The highest BCUT2D eigenvalue weighted by molar-refractivity contribution is 5.64. The molecule has 0 fully saturated rings. The van der Waals surface area contributed by atoms with Crippen molar-refractivity contribution >= 4 is 0 Å². The van der Waals surface area contributed by atoms with Crippen molar-refractivity contribution in [3.05, 3.63) is 36.2 Å². The Bertz CT molecular complexity index is 517. The van der Waals surface area contributed by atoms with Crippen molar-refractivity contribution in [1.82, 2.24) is 9.78 Å². The van der Waals surface area contributed by atoms with E-state index in [0.29, 0.717) is 0 Å². The quantitative estimate of drug-likeness (QED) is 0.880. The van der Waals surface area contributed by atoms with Gasteiger partial charge in [0, 0.05) is 30.4 Å². The van der Waals surface area contributed by atoms with Gasteiger partial charge in [0.1, 0.15) is 5.75 Å². The number of ether oxygens (including phenoxy) is 1. The summed E-state index contributed by atoms with van der Waals surface area (Å²) in [5.74, 6) is 0.827. The molecular weight excluding hydrogens is 214 g/mol. The summed E-state index contributed by atoms with van der Waals surface area (Å²) in [6.45, 7) is 1.95. The maximum absolute atomic E-state index is 5.94. The highest BCUT2D eigenvalue weighted by Gasteiger charge is 2.10. The van der Waals surface area contributed by atoms with Gasteiger partial charge in [-0.2, -0.15) is 5.10 Å². The van der Waals surface area contributed by atoms with Crippen LogP contribution in [0.5, 0.6) is 5.75 Å². The molecule has 0 saturated heterocycles. The lowest BCUT2D eigenvalue weighted by Crippen LogP contribution is -2.07. The van der Waals surface area contributed by atoms with Crippen molar-refractivity contribution in [3.63, 3.8) is 0 Å². The standard InChI is InChI=1S/C13H17N3O/c1-9(14)12-6-10(4-5-13(12)17-3)11-7-15-16(2)8-11/h4-9H,14H2,1-3H3/t9-/m1/s1. The lowest BCUT2D eigenvalue weighted by molar-refractivity contribution is 0.407. The minimum atomic E-state index is -0.0541. The van der Waals surface area contributed by atoms with Crippen molar-refractivity contribution in [2.24, 2.45) is 12.8 Å². The maximum Gasteiger partial charge on any atom is 0.123 e. The molecule has 2 N–H and O–H groups in total. The predicted octanol–water partition coefficient (Wildman–Crippen LogP) is 2.12. The monoisotopic (exact) mass is 231 g/mol. The summed E-state index contributed by atoms with van der Waals surface area (Å²) in [5, 5.41) is 4.16. The minimum Gasteiger partial charge on any atom is -0.496 e. The van der Waals surface area contributed by atoms with Crippen LogP contribution in [0.3, 0.4) is 0 Å². The van der Waals surface area contributed by atoms with Gasteiger partial charge in [0.15, 0.2) is 0 Å². The fourth-order valence-corrected chi connectivity index (χ4v) is 1.84. The van der Waals surface area contributed by atoms with Gasteiger partial charge >= 0.3 is 0 Å². The van der Waals surface area contributed by atoms with E-state index in [1.807, 2.05) is 38.5 Å². The number of hydrogen-bond donors (Lipinski definition) is 1. The summed E-state index contributed by atoms with van der Waals surface area (Å²) in [5.41, 5.74) is 9.13. The maximum atomic E-state index is 5.94. The lowest BCUT2D eigenvalue weighted by atomic mass is 10.0. The van der Waals surface area contributed by atoms with Gasteiger partial charge in [0.25, 0.3) is 0 Å². The Balaban J connectivity index is 2.47. The van der Waals surface area contributed by atoms with E-state index < -0.39 is 0 Å². The average molecular weight is 231 g/mol. The molecule has 0 spiro atoms. The Morgan fingerprint density at radius 1 is 1.35 bits per heavy atom. The first-order chi connectivity index (χ1) is 8.11. The van der Waals surface area contributed by atoms with Gasteiger partial charge in [-0.3, -0.25) is 4.68 Å². The fraction of sp³-hybridized carbons (Fsp3) is 0.308. The second-order valence-electron chi connectivity index (χ2n) is 4.15. The van der Waals surface area contributed by atoms with Crippen molar-refractivity contribution in [2.75, 3.05) is 7.11 Å². The van der Waals surface area contributed by atoms with Gasteiger partial charge in [-0.1, -0.05) is 6.07 Å². The molecule has 90 valence electrons. The first kappa shape index (κ1) is 11.7. The van der Waals surface area contributed by atoms with Gasteiger partial charge in [-0.25, -0.2) is 0 Å². The summed E-state index contributed by atoms with van der Waals surface area (Å²) >= 11 is 0. The molecule has 0 aliphatic rings. The number of aromatic nitrogens is 2. The van der Waals surface area contributed by atoms with E-state index in [2.05, 4.69) is 11.2 Å². The molecule has 17 heavy (non-hydrogen) atoms. The van der Waals surface area contributed by atoms with Crippen LogP contribution in [-0.4, -0.2) is 16.9 Å². The number of hydrogen-bond acceptors (Lipinski definition) is 3. The summed E-state index contributed by atoms with van der Waals surface area (Å²) in [6.07, 6.45) is 3.82. The molecule has 1 heterocycles. The molecular formula is C13H17N3O. The van der Waals surface area contributed by atoms with Gasteiger partial charge < -0.3 is 10.5 Å². The molecule has 0 aliphatic heterocycles. The number of rotatable bonds is 3. The first-order valence-electron chi connectivity index (χ1n) is 5.54. The number of nitrogens with zero attached hydrogens (tertiary/aromatic N) is 2. The SMILES string of the molecule is COc1ccc(-c2cnn(C)c2)cc1[C@@H](C)N. The van der Waals surface area contributed by atoms with Crippen LogP contribution in [0.1, 0.15) is 18.5 Å². The molecule has 2 aromatic rings. The van der Waals surface area contributed by atoms with Crippen molar-refractivity contribution < 1.29 is 4.74 Å². The van der Waals surface area contributed by atoms with Crippen LogP contribution in [0.25, 0.3) is 11.1 Å². The molecule has 0 aliphatic carbocycles. The molecule has 1 aromatic carbocycles. The Hall–Kier alpha value is -1.81. The van der Waals surface area contributed by atoms with Crippen molar-refractivity contribution in [3.8, 4) is 16.9 Å². The minimum absolute atomic E-state index is 0.0541. The molecule has 4 heteroatoms. The highest BCUT2D eigenvalue weighted by atomic mass is 16.5. The Morgan fingerprint density at radius 3 is 2.65 bits per heavy atom. The normalized spacial score (nSPS) is 12.5. The van der Waals surface area contributed by atoms with E-state index in [9.17, 15) is 0 Å². The molecule has 0 radical (unpaired) electrons. The second-order valence-corrected chi connectivity index (χ2v) is 4.15. The molecule has 0 amide bonds. The largest absolute Gasteiger partial charge is 0.496 e. The molecule has 2 rings (SSSR count). The van der Waals surface area contributed by atoms with E-state index in [1.54, 1.807) is 11.8 Å². The summed E-state index contributed by atoms with van der Waals surface area (Å²) in [6, 6.07) is 5.96. The van der Waals surface area contributed by atoms with Crippen LogP contribution in [-0.2, 0) is 7.05 Å².